The number of carbonyl (C=O) groups excluding carboxylic acids is 2. The second-order valence-corrected chi connectivity index (χ2v) is 5.96. The molecule has 0 bridgehead atoms. The van der Waals surface area contributed by atoms with Crippen LogP contribution in [0.2, 0.25) is 0 Å². The highest BCUT2D eigenvalue weighted by atomic mass is 32.1. The van der Waals surface area contributed by atoms with Crippen LogP contribution in [0.1, 0.15) is 18.2 Å². The van der Waals surface area contributed by atoms with Crippen LogP contribution in [0.3, 0.4) is 0 Å². The van der Waals surface area contributed by atoms with E-state index < -0.39 is 0 Å². The average Bonchev–Trinajstić information content (AvgIpc) is 3.10. The second kappa shape index (κ2) is 6.27. The molecule has 0 radical (unpaired) electrons. The maximum Gasteiger partial charge on any atom is 0.332 e. The summed E-state index contributed by atoms with van der Waals surface area (Å²) in [5.74, 6) is -0.169. The first-order valence-corrected chi connectivity index (χ1v) is 8.16. The maximum atomic E-state index is 12.5. The summed E-state index contributed by atoms with van der Waals surface area (Å²) in [7, 11) is 0. The van der Waals surface area contributed by atoms with Crippen LogP contribution in [-0.2, 0) is 17.6 Å². The van der Waals surface area contributed by atoms with Gasteiger partial charge in [0.25, 0.3) is 5.91 Å². The summed E-state index contributed by atoms with van der Waals surface area (Å²) in [6.07, 6.45) is 1.46. The zero-order chi connectivity index (χ0) is 15.5. The number of urea groups is 1. The third kappa shape index (κ3) is 2.74. The van der Waals surface area contributed by atoms with Gasteiger partial charge in [-0.3, -0.25) is 4.79 Å². The number of nitrogens with zero attached hydrogens (tertiary/aromatic N) is 3. The number of aromatic nitrogens is 1. The molecule has 2 aromatic rings. The van der Waals surface area contributed by atoms with Crippen LogP contribution in [0.5, 0.6) is 0 Å². The summed E-state index contributed by atoms with van der Waals surface area (Å²) in [5.41, 5.74) is 3.64. The monoisotopic (exact) mass is 315 g/mol. The van der Waals surface area contributed by atoms with E-state index in [1.54, 1.807) is 10.4 Å². The number of hydrogen-bond acceptors (Lipinski definition) is 4. The van der Waals surface area contributed by atoms with Crippen molar-refractivity contribution in [2.75, 3.05) is 18.0 Å². The van der Waals surface area contributed by atoms with E-state index in [4.69, 9.17) is 0 Å². The fraction of sp³-hybridized carbons (Fsp3) is 0.312. The molecule has 6 heteroatoms. The Morgan fingerprint density at radius 2 is 2.00 bits per heavy atom. The van der Waals surface area contributed by atoms with Crippen molar-refractivity contribution in [2.24, 2.45) is 0 Å². The standard InChI is InChI=1S/C16H17N3O2S/c1-2-13-15(22-11-17-13)19-14(20)10-18(16(19)21)9-8-12-6-4-3-5-7-12/h3-7,11H,2,8-10H2,1H3. The Morgan fingerprint density at radius 3 is 2.73 bits per heavy atom. The molecule has 0 unspecified atom stereocenters. The van der Waals surface area contributed by atoms with Crippen molar-refractivity contribution < 1.29 is 9.59 Å². The van der Waals surface area contributed by atoms with Crippen molar-refractivity contribution in [3.05, 3.63) is 47.1 Å². The third-order valence-corrected chi connectivity index (χ3v) is 4.56. The highest BCUT2D eigenvalue weighted by molar-refractivity contribution is 7.14. The summed E-state index contributed by atoms with van der Waals surface area (Å²) in [5, 5.41) is 0.666. The number of anilines is 1. The Labute approximate surface area is 133 Å². The van der Waals surface area contributed by atoms with Crippen LogP contribution >= 0.6 is 11.3 Å². The van der Waals surface area contributed by atoms with Crippen LogP contribution in [0.4, 0.5) is 9.80 Å². The summed E-state index contributed by atoms with van der Waals surface area (Å²) < 4.78 is 0. The SMILES string of the molecule is CCc1ncsc1N1C(=O)CN(CCc2ccccc2)C1=O. The summed E-state index contributed by atoms with van der Waals surface area (Å²) in [6.45, 7) is 2.66. The van der Waals surface area contributed by atoms with Gasteiger partial charge in [0.15, 0.2) is 0 Å². The number of carbonyl (C=O) groups is 2. The number of thiazole rings is 1. The molecule has 0 atom stereocenters. The number of hydrogen-bond donors (Lipinski definition) is 0. The molecular formula is C16H17N3O2S. The van der Waals surface area contributed by atoms with Crippen molar-refractivity contribution in [2.45, 2.75) is 19.8 Å². The van der Waals surface area contributed by atoms with E-state index in [-0.39, 0.29) is 18.5 Å². The number of aryl methyl sites for hydroxylation is 1. The lowest BCUT2D eigenvalue weighted by Crippen LogP contribution is -2.34. The molecule has 1 saturated heterocycles. The number of benzene rings is 1. The number of rotatable bonds is 5. The first-order chi connectivity index (χ1) is 10.7. The van der Waals surface area contributed by atoms with Gasteiger partial charge >= 0.3 is 6.03 Å². The molecule has 0 N–H and O–H groups in total. The van der Waals surface area contributed by atoms with E-state index in [1.807, 2.05) is 37.3 Å². The molecule has 1 aliphatic heterocycles. The quantitative estimate of drug-likeness (QED) is 0.797. The van der Waals surface area contributed by atoms with E-state index in [1.165, 1.54) is 16.2 Å². The topological polar surface area (TPSA) is 53.5 Å². The first kappa shape index (κ1) is 14.7. The Morgan fingerprint density at radius 1 is 1.23 bits per heavy atom. The molecule has 22 heavy (non-hydrogen) atoms. The Bertz CT molecular complexity index is 684. The van der Waals surface area contributed by atoms with Crippen LogP contribution in [-0.4, -0.2) is 34.9 Å². The van der Waals surface area contributed by atoms with Gasteiger partial charge in [0, 0.05) is 6.54 Å². The van der Waals surface area contributed by atoms with Crippen LogP contribution in [0, 0.1) is 0 Å². The molecule has 114 valence electrons. The minimum atomic E-state index is -0.236. The van der Waals surface area contributed by atoms with Crippen molar-refractivity contribution >= 4 is 28.3 Å². The van der Waals surface area contributed by atoms with Gasteiger partial charge in [-0.15, -0.1) is 11.3 Å². The molecule has 1 aromatic carbocycles. The first-order valence-electron chi connectivity index (χ1n) is 7.29. The summed E-state index contributed by atoms with van der Waals surface area (Å²) in [6, 6.07) is 9.73. The van der Waals surface area contributed by atoms with E-state index in [9.17, 15) is 9.59 Å². The molecule has 3 rings (SSSR count). The second-order valence-electron chi connectivity index (χ2n) is 5.13. The molecule has 0 aliphatic carbocycles. The van der Waals surface area contributed by atoms with E-state index >= 15 is 0 Å². The predicted octanol–water partition coefficient (Wildman–Crippen LogP) is 2.72. The Hall–Kier alpha value is -2.21. The third-order valence-electron chi connectivity index (χ3n) is 3.71. The predicted molar refractivity (Wildman–Crippen MR) is 86.1 cm³/mol. The van der Waals surface area contributed by atoms with Crippen LogP contribution in [0.15, 0.2) is 35.8 Å². The molecule has 0 saturated carbocycles. The number of imide groups is 1. The number of amides is 3. The normalized spacial score (nSPS) is 15.0. The highest BCUT2D eigenvalue weighted by Crippen LogP contribution is 2.29. The average molecular weight is 315 g/mol. The van der Waals surface area contributed by atoms with Gasteiger partial charge in [0.05, 0.1) is 11.2 Å². The highest BCUT2D eigenvalue weighted by Gasteiger charge is 2.38. The van der Waals surface area contributed by atoms with Crippen molar-refractivity contribution in [3.8, 4) is 0 Å². The van der Waals surface area contributed by atoms with Gasteiger partial charge < -0.3 is 4.90 Å². The van der Waals surface area contributed by atoms with Crippen LogP contribution in [0.25, 0.3) is 0 Å². The fourth-order valence-electron chi connectivity index (χ4n) is 2.52. The van der Waals surface area contributed by atoms with Crippen molar-refractivity contribution in [1.29, 1.82) is 0 Å². The van der Waals surface area contributed by atoms with Gasteiger partial charge in [-0.05, 0) is 18.4 Å². The molecule has 1 aliphatic rings. The van der Waals surface area contributed by atoms with Crippen molar-refractivity contribution in [1.82, 2.24) is 9.88 Å². The molecule has 1 aromatic heterocycles. The van der Waals surface area contributed by atoms with E-state index in [0.717, 1.165) is 17.7 Å². The van der Waals surface area contributed by atoms with Gasteiger partial charge in [0.2, 0.25) is 0 Å². The molecular weight excluding hydrogens is 298 g/mol. The minimum Gasteiger partial charge on any atom is -0.314 e. The van der Waals surface area contributed by atoms with Gasteiger partial charge in [-0.2, -0.15) is 0 Å². The lowest BCUT2D eigenvalue weighted by atomic mass is 10.1. The minimum absolute atomic E-state index is 0.146. The molecule has 0 spiro atoms. The molecule has 5 nitrogen and oxygen atoms in total. The zero-order valence-corrected chi connectivity index (χ0v) is 13.2. The van der Waals surface area contributed by atoms with Gasteiger partial charge in [-0.1, -0.05) is 37.3 Å². The maximum absolute atomic E-state index is 12.5. The fourth-order valence-corrected chi connectivity index (χ4v) is 3.42. The van der Waals surface area contributed by atoms with Gasteiger partial charge in [0.1, 0.15) is 11.5 Å². The van der Waals surface area contributed by atoms with Crippen LogP contribution < -0.4 is 4.90 Å². The Kier molecular flexibility index (Phi) is 4.20. The lowest BCUT2D eigenvalue weighted by Gasteiger charge is -2.16. The zero-order valence-electron chi connectivity index (χ0n) is 12.4. The molecule has 1 fully saturated rings. The van der Waals surface area contributed by atoms with Crippen molar-refractivity contribution in [3.63, 3.8) is 0 Å². The van der Waals surface area contributed by atoms with E-state index in [0.29, 0.717) is 18.0 Å². The largest absolute Gasteiger partial charge is 0.332 e. The summed E-state index contributed by atoms with van der Waals surface area (Å²) in [4.78, 5) is 31.8. The van der Waals surface area contributed by atoms with Gasteiger partial charge in [-0.25, -0.2) is 14.7 Å². The lowest BCUT2D eigenvalue weighted by molar-refractivity contribution is -0.116. The van der Waals surface area contributed by atoms with E-state index in [2.05, 4.69) is 4.98 Å². The Balaban J connectivity index is 1.72. The molecule has 2 heterocycles. The smallest absolute Gasteiger partial charge is 0.314 e. The summed E-state index contributed by atoms with van der Waals surface area (Å²) >= 11 is 1.34. The molecule has 3 amide bonds.